The predicted octanol–water partition coefficient (Wildman–Crippen LogP) is 3.17. The minimum atomic E-state index is -2.68. The number of rotatable bonds is 4. The Morgan fingerprint density at radius 2 is 1.79 bits per heavy atom. The molecule has 1 fully saturated rings. The first-order valence-corrected chi connectivity index (χ1v) is 13.0. The summed E-state index contributed by atoms with van der Waals surface area (Å²) in [6.07, 6.45) is 4.38. The molecule has 169 valence electrons. The zero-order valence-electron chi connectivity index (χ0n) is 17.6. The van der Waals surface area contributed by atoms with Gasteiger partial charge >= 0.3 is 0 Å². The molecule has 0 spiro atoms. The quantitative estimate of drug-likeness (QED) is 0.432. The van der Waals surface area contributed by atoms with Crippen LogP contribution in [0.2, 0.25) is 5.02 Å². The van der Waals surface area contributed by atoms with Crippen molar-refractivity contribution in [3.05, 3.63) is 87.3 Å². The largest absolute Gasteiger partial charge is 0.375 e. The van der Waals surface area contributed by atoms with Gasteiger partial charge in [0.15, 0.2) is 0 Å². The van der Waals surface area contributed by atoms with Crippen LogP contribution in [0.3, 0.4) is 0 Å². The fourth-order valence-electron chi connectivity index (χ4n) is 4.19. The summed E-state index contributed by atoms with van der Waals surface area (Å²) >= 11 is 5.86. The van der Waals surface area contributed by atoms with E-state index in [-0.39, 0.29) is 5.56 Å². The van der Waals surface area contributed by atoms with Gasteiger partial charge in [-0.05, 0) is 23.8 Å². The first-order valence-electron chi connectivity index (χ1n) is 10.5. The van der Waals surface area contributed by atoms with E-state index in [1.54, 1.807) is 24.3 Å². The molecule has 0 unspecified atom stereocenters. The summed E-state index contributed by atoms with van der Waals surface area (Å²) in [5.74, 6) is 0.154. The summed E-state index contributed by atoms with van der Waals surface area (Å²) in [5.41, 5.74) is 1.28. The molecule has 7 nitrogen and oxygen atoms in total. The second-order valence-corrected chi connectivity index (χ2v) is 11.7. The predicted molar refractivity (Wildman–Crippen MR) is 129 cm³/mol. The lowest BCUT2D eigenvalue weighted by molar-refractivity contribution is 0.585. The highest BCUT2D eigenvalue weighted by Crippen LogP contribution is 2.55. The number of H-pyrrole nitrogens is 1. The normalized spacial score (nSPS) is 15.7. The SMILES string of the molecule is O=c1[nH]nc(Cc2ccc(F)c([P]3(O)CCN(c4ncc(Cl)cn4)CC3)c2)c2ccccc12. The van der Waals surface area contributed by atoms with Crippen molar-refractivity contribution in [2.75, 3.05) is 30.3 Å². The molecule has 0 amide bonds. The lowest BCUT2D eigenvalue weighted by atomic mass is 10.0. The van der Waals surface area contributed by atoms with E-state index in [1.807, 2.05) is 17.0 Å². The van der Waals surface area contributed by atoms with Crippen LogP contribution in [0.15, 0.2) is 59.7 Å². The topological polar surface area (TPSA) is 95.0 Å². The van der Waals surface area contributed by atoms with E-state index in [2.05, 4.69) is 20.2 Å². The van der Waals surface area contributed by atoms with Crippen molar-refractivity contribution in [2.45, 2.75) is 6.42 Å². The zero-order chi connectivity index (χ0) is 23.0. The number of hydrogen-bond donors (Lipinski definition) is 2. The summed E-state index contributed by atoms with van der Waals surface area (Å²) in [7, 11) is -2.68. The highest BCUT2D eigenvalue weighted by Gasteiger charge is 2.35. The molecule has 33 heavy (non-hydrogen) atoms. The standard InChI is InChI=1S/C23H21ClFN5O2P/c24-16-13-26-23(27-14-16)30-7-9-33(32,10-8-30)21-12-15(5-6-19(21)25)11-20-17-3-1-2-4-18(17)22(31)29-28-20/h1-6,12-14,32H,7-11H2,(H,29,31). The van der Waals surface area contributed by atoms with Gasteiger partial charge in [0, 0.05) is 50.0 Å². The molecule has 4 aromatic rings. The molecule has 2 aromatic carbocycles. The van der Waals surface area contributed by atoms with Gasteiger partial charge in [-0.2, -0.15) is 5.10 Å². The number of fused-ring (bicyclic) bond motifs is 1. The summed E-state index contributed by atoms with van der Waals surface area (Å²) in [6, 6.07) is 12.1. The van der Waals surface area contributed by atoms with Crippen LogP contribution >= 0.6 is 19.1 Å². The third kappa shape index (κ3) is 4.34. The van der Waals surface area contributed by atoms with Gasteiger partial charge in [-0.3, -0.25) is 4.79 Å². The molecule has 1 aliphatic rings. The molecule has 0 atom stereocenters. The van der Waals surface area contributed by atoms with Crippen LogP contribution in [-0.4, -0.2) is 50.5 Å². The second-order valence-electron chi connectivity index (χ2n) is 8.07. The van der Waals surface area contributed by atoms with Crippen LogP contribution in [-0.2, 0) is 6.42 Å². The number of benzene rings is 2. The van der Waals surface area contributed by atoms with E-state index >= 15 is 0 Å². The zero-order valence-corrected chi connectivity index (χ0v) is 19.2. The molecule has 0 saturated carbocycles. The minimum absolute atomic E-state index is 0.245. The first-order chi connectivity index (χ1) is 15.9. The number of anilines is 1. The number of aromatic amines is 1. The van der Waals surface area contributed by atoms with Crippen LogP contribution in [0, 0.1) is 5.82 Å². The Bertz CT molecular complexity index is 1370. The van der Waals surface area contributed by atoms with Crippen LogP contribution in [0.5, 0.6) is 0 Å². The highest BCUT2D eigenvalue weighted by molar-refractivity contribution is 7.77. The van der Waals surface area contributed by atoms with Crippen LogP contribution in [0.25, 0.3) is 10.8 Å². The van der Waals surface area contributed by atoms with E-state index in [4.69, 9.17) is 11.6 Å². The van der Waals surface area contributed by atoms with Crippen LogP contribution < -0.4 is 15.8 Å². The molecule has 0 bridgehead atoms. The van der Waals surface area contributed by atoms with Gasteiger partial charge in [0.25, 0.3) is 5.56 Å². The lowest BCUT2D eigenvalue weighted by Gasteiger charge is -2.40. The number of hydrogen-bond acceptors (Lipinski definition) is 6. The van der Waals surface area contributed by atoms with Gasteiger partial charge in [-0.25, -0.2) is 19.5 Å². The van der Waals surface area contributed by atoms with E-state index in [9.17, 15) is 14.1 Å². The monoisotopic (exact) mass is 484 g/mol. The van der Waals surface area contributed by atoms with Gasteiger partial charge in [0.2, 0.25) is 5.95 Å². The molecule has 2 aromatic heterocycles. The molecule has 5 rings (SSSR count). The van der Waals surface area contributed by atoms with E-state index in [0.29, 0.717) is 59.2 Å². The third-order valence-electron chi connectivity index (χ3n) is 5.97. The summed E-state index contributed by atoms with van der Waals surface area (Å²) in [6.45, 7) is 1.06. The maximum Gasteiger partial charge on any atom is 0.272 e. The number of nitrogens with one attached hydrogen (secondary N) is 1. The minimum Gasteiger partial charge on any atom is -0.375 e. The number of nitrogens with zero attached hydrogens (tertiary/aromatic N) is 4. The van der Waals surface area contributed by atoms with Crippen molar-refractivity contribution in [1.82, 2.24) is 20.2 Å². The van der Waals surface area contributed by atoms with Crippen molar-refractivity contribution < 1.29 is 9.28 Å². The Balaban J connectivity index is 1.40. The average Bonchev–Trinajstić information content (AvgIpc) is 2.83. The summed E-state index contributed by atoms with van der Waals surface area (Å²) in [4.78, 5) is 34.0. The van der Waals surface area contributed by atoms with Gasteiger partial charge < -0.3 is 9.79 Å². The molecule has 10 heteroatoms. The average molecular weight is 485 g/mol. The lowest BCUT2D eigenvalue weighted by Crippen LogP contribution is -2.40. The summed E-state index contributed by atoms with van der Waals surface area (Å²) in [5, 5.41) is 8.92. The highest BCUT2D eigenvalue weighted by atomic mass is 35.5. The Morgan fingerprint density at radius 1 is 1.09 bits per heavy atom. The smallest absolute Gasteiger partial charge is 0.272 e. The van der Waals surface area contributed by atoms with E-state index in [0.717, 1.165) is 10.9 Å². The fourth-order valence-corrected chi connectivity index (χ4v) is 7.02. The number of halogens is 2. The van der Waals surface area contributed by atoms with Crippen molar-refractivity contribution in [1.29, 1.82) is 0 Å². The van der Waals surface area contributed by atoms with Gasteiger partial charge in [-0.1, -0.05) is 35.9 Å². The van der Waals surface area contributed by atoms with Gasteiger partial charge in [-0.15, -0.1) is 0 Å². The van der Waals surface area contributed by atoms with Crippen LogP contribution in [0.1, 0.15) is 11.3 Å². The maximum absolute atomic E-state index is 14.9. The third-order valence-corrected chi connectivity index (χ3v) is 9.29. The van der Waals surface area contributed by atoms with Crippen molar-refractivity contribution in [2.24, 2.45) is 0 Å². The molecule has 3 heterocycles. The molecule has 2 N–H and O–H groups in total. The van der Waals surface area contributed by atoms with E-state index < -0.39 is 13.3 Å². The Kier molecular flexibility index (Phi) is 5.83. The van der Waals surface area contributed by atoms with Gasteiger partial charge in [0.05, 0.1) is 28.5 Å². The molecule has 1 aliphatic heterocycles. The second kappa shape index (κ2) is 8.78. The number of aromatic nitrogens is 4. The van der Waals surface area contributed by atoms with E-state index in [1.165, 1.54) is 18.5 Å². The maximum atomic E-state index is 14.9. The molecule has 1 saturated heterocycles. The van der Waals surface area contributed by atoms with Gasteiger partial charge in [0.1, 0.15) is 5.82 Å². The first kappa shape index (κ1) is 21.9. The molecule has 1 radical (unpaired) electrons. The molecule has 0 aliphatic carbocycles. The van der Waals surface area contributed by atoms with Crippen LogP contribution in [0.4, 0.5) is 10.3 Å². The Hall–Kier alpha value is -2.93. The summed E-state index contributed by atoms with van der Waals surface area (Å²) < 4.78 is 14.9. The molecular formula is C23H21ClFN5O2P. The van der Waals surface area contributed by atoms with Crippen molar-refractivity contribution >= 4 is 41.1 Å². The van der Waals surface area contributed by atoms with Crippen molar-refractivity contribution in [3.8, 4) is 0 Å². The fraction of sp³-hybridized carbons (Fsp3) is 0.217. The Labute approximate surface area is 194 Å². The van der Waals surface area contributed by atoms with Crippen molar-refractivity contribution in [3.63, 3.8) is 0 Å². The molecular weight excluding hydrogens is 464 g/mol. The Morgan fingerprint density at radius 3 is 2.52 bits per heavy atom.